The van der Waals surface area contributed by atoms with Crippen molar-refractivity contribution in [3.63, 3.8) is 0 Å². The van der Waals surface area contributed by atoms with Crippen LogP contribution in [0.15, 0.2) is 18.2 Å². The monoisotopic (exact) mass is 329 g/mol. The summed E-state index contributed by atoms with van der Waals surface area (Å²) in [5, 5.41) is 3.00. The molecule has 1 atom stereocenters. The molecular formula is C19H27N3O2. The number of amides is 2. The van der Waals surface area contributed by atoms with Crippen LogP contribution in [0.3, 0.4) is 0 Å². The maximum atomic E-state index is 12.4. The maximum Gasteiger partial charge on any atom is 0.227 e. The minimum absolute atomic E-state index is 0.000327. The van der Waals surface area contributed by atoms with Crippen LogP contribution in [0.2, 0.25) is 0 Å². The lowest BCUT2D eigenvalue weighted by Crippen LogP contribution is -2.38. The molecule has 2 aliphatic rings. The van der Waals surface area contributed by atoms with E-state index in [1.807, 2.05) is 32.0 Å². The molecule has 1 aromatic carbocycles. The van der Waals surface area contributed by atoms with Crippen molar-refractivity contribution in [2.45, 2.75) is 39.2 Å². The van der Waals surface area contributed by atoms with Gasteiger partial charge in [-0.05, 0) is 50.9 Å². The van der Waals surface area contributed by atoms with E-state index in [4.69, 9.17) is 0 Å². The number of rotatable bonds is 6. The number of benzene rings is 1. The minimum Gasteiger partial charge on any atom is -0.355 e. The van der Waals surface area contributed by atoms with Crippen molar-refractivity contribution in [2.75, 3.05) is 31.6 Å². The van der Waals surface area contributed by atoms with Crippen LogP contribution in [0.1, 0.15) is 30.4 Å². The molecular weight excluding hydrogens is 302 g/mol. The van der Waals surface area contributed by atoms with E-state index in [0.717, 1.165) is 23.4 Å². The van der Waals surface area contributed by atoms with Crippen LogP contribution in [0.4, 0.5) is 5.69 Å². The highest BCUT2D eigenvalue weighted by Crippen LogP contribution is 2.29. The highest BCUT2D eigenvalue weighted by Gasteiger charge is 2.35. The van der Waals surface area contributed by atoms with Crippen molar-refractivity contribution >= 4 is 17.5 Å². The van der Waals surface area contributed by atoms with Crippen LogP contribution < -0.4 is 10.2 Å². The van der Waals surface area contributed by atoms with E-state index < -0.39 is 0 Å². The number of hydrogen-bond acceptors (Lipinski definition) is 3. The molecule has 1 N–H and O–H groups in total. The van der Waals surface area contributed by atoms with Crippen molar-refractivity contribution in [1.29, 1.82) is 0 Å². The van der Waals surface area contributed by atoms with Crippen molar-refractivity contribution < 1.29 is 9.59 Å². The van der Waals surface area contributed by atoms with Gasteiger partial charge in [-0.1, -0.05) is 12.1 Å². The smallest absolute Gasteiger partial charge is 0.227 e. The number of carbonyl (C=O) groups excluding carboxylic acids is 2. The van der Waals surface area contributed by atoms with Gasteiger partial charge in [0.15, 0.2) is 0 Å². The molecule has 0 unspecified atom stereocenters. The molecule has 5 heteroatoms. The Labute approximate surface area is 144 Å². The van der Waals surface area contributed by atoms with Gasteiger partial charge in [0.2, 0.25) is 11.8 Å². The molecule has 1 saturated heterocycles. The molecule has 1 aromatic rings. The third-order valence-electron chi connectivity index (χ3n) is 5.30. The summed E-state index contributed by atoms with van der Waals surface area (Å²) in [6.07, 6.45) is 2.84. The molecule has 0 bridgehead atoms. The van der Waals surface area contributed by atoms with E-state index in [9.17, 15) is 9.59 Å². The number of nitrogens with zero attached hydrogens (tertiary/aromatic N) is 2. The number of hydrogen-bond donors (Lipinski definition) is 1. The normalized spacial score (nSPS) is 20.8. The Hall–Kier alpha value is -1.88. The van der Waals surface area contributed by atoms with Crippen LogP contribution in [-0.4, -0.2) is 49.4 Å². The first-order valence-electron chi connectivity index (χ1n) is 8.82. The zero-order chi connectivity index (χ0) is 17.3. The predicted octanol–water partition coefficient (Wildman–Crippen LogP) is 1.87. The Bertz CT molecular complexity index is 639. The Morgan fingerprint density at radius 2 is 2.08 bits per heavy atom. The molecule has 1 heterocycles. The van der Waals surface area contributed by atoms with Crippen LogP contribution in [0, 0.1) is 19.8 Å². The summed E-state index contributed by atoms with van der Waals surface area (Å²) in [5.41, 5.74) is 3.21. The summed E-state index contributed by atoms with van der Waals surface area (Å²) in [5.74, 6) is -0.206. The number of aryl methyl sites for hydroxylation is 1. The largest absolute Gasteiger partial charge is 0.355 e. The Kier molecular flexibility index (Phi) is 4.90. The zero-order valence-corrected chi connectivity index (χ0v) is 14.8. The Balaban J connectivity index is 1.55. The van der Waals surface area contributed by atoms with Gasteiger partial charge in [0.05, 0.1) is 5.92 Å². The molecule has 1 saturated carbocycles. The van der Waals surface area contributed by atoms with E-state index in [1.54, 1.807) is 4.90 Å². The van der Waals surface area contributed by atoms with Crippen molar-refractivity contribution in [1.82, 2.24) is 10.2 Å². The summed E-state index contributed by atoms with van der Waals surface area (Å²) < 4.78 is 0. The van der Waals surface area contributed by atoms with Crippen LogP contribution in [0.5, 0.6) is 0 Å². The van der Waals surface area contributed by atoms with Crippen molar-refractivity contribution in [3.8, 4) is 0 Å². The second-order valence-corrected chi connectivity index (χ2v) is 7.13. The molecule has 0 spiro atoms. The van der Waals surface area contributed by atoms with E-state index >= 15 is 0 Å². The van der Waals surface area contributed by atoms with E-state index in [1.165, 1.54) is 12.8 Å². The molecule has 0 aromatic heterocycles. The minimum atomic E-state index is -0.247. The molecule has 130 valence electrons. The number of likely N-dealkylation sites (N-methyl/N-ethyl adjacent to an activating group) is 1. The molecule has 1 aliphatic heterocycles. The standard InChI is InChI=1S/C19H27N3O2/c1-13-5-4-6-17(14(13)2)22-12-15(11-18(22)23)19(24)20-9-10-21(3)16-7-8-16/h4-6,15-16H,7-12H2,1-3H3,(H,20,24)/t15-/m1/s1. The lowest BCUT2D eigenvalue weighted by Gasteiger charge is -2.20. The molecule has 0 radical (unpaired) electrons. The SMILES string of the molecule is Cc1cccc(N2C[C@H](C(=O)NCCN(C)C3CC3)CC2=O)c1C. The van der Waals surface area contributed by atoms with E-state index in [2.05, 4.69) is 17.3 Å². The molecule has 1 aliphatic carbocycles. The first-order valence-corrected chi connectivity index (χ1v) is 8.82. The van der Waals surface area contributed by atoms with Gasteiger partial charge in [-0.2, -0.15) is 0 Å². The lowest BCUT2D eigenvalue weighted by molar-refractivity contribution is -0.126. The quantitative estimate of drug-likeness (QED) is 0.867. The summed E-state index contributed by atoms with van der Waals surface area (Å²) in [6.45, 7) is 6.07. The summed E-state index contributed by atoms with van der Waals surface area (Å²) in [4.78, 5) is 28.8. The highest BCUT2D eigenvalue weighted by molar-refractivity contribution is 6.00. The Morgan fingerprint density at radius 3 is 2.79 bits per heavy atom. The fourth-order valence-corrected chi connectivity index (χ4v) is 3.34. The van der Waals surface area contributed by atoms with Gasteiger partial charge in [-0.25, -0.2) is 0 Å². The topological polar surface area (TPSA) is 52.7 Å². The van der Waals surface area contributed by atoms with Gasteiger partial charge in [0.1, 0.15) is 0 Å². The second-order valence-electron chi connectivity index (χ2n) is 7.13. The lowest BCUT2D eigenvalue weighted by atomic mass is 10.1. The van der Waals surface area contributed by atoms with Crippen molar-refractivity contribution in [2.24, 2.45) is 5.92 Å². The van der Waals surface area contributed by atoms with Gasteiger partial charge in [-0.15, -0.1) is 0 Å². The Morgan fingerprint density at radius 1 is 1.33 bits per heavy atom. The molecule has 2 fully saturated rings. The average Bonchev–Trinajstić information content (AvgIpc) is 3.33. The predicted molar refractivity (Wildman–Crippen MR) is 95.0 cm³/mol. The molecule has 3 rings (SSSR count). The first-order chi connectivity index (χ1) is 11.5. The van der Waals surface area contributed by atoms with E-state index in [-0.39, 0.29) is 17.7 Å². The highest BCUT2D eigenvalue weighted by atomic mass is 16.2. The van der Waals surface area contributed by atoms with Gasteiger partial charge in [0.25, 0.3) is 0 Å². The van der Waals surface area contributed by atoms with Gasteiger partial charge >= 0.3 is 0 Å². The zero-order valence-electron chi connectivity index (χ0n) is 14.8. The number of carbonyl (C=O) groups is 2. The maximum absolute atomic E-state index is 12.4. The van der Waals surface area contributed by atoms with Crippen LogP contribution >= 0.6 is 0 Å². The van der Waals surface area contributed by atoms with Gasteiger partial charge in [-0.3, -0.25) is 9.59 Å². The fourth-order valence-electron chi connectivity index (χ4n) is 3.34. The molecule has 2 amide bonds. The summed E-state index contributed by atoms with van der Waals surface area (Å²) >= 11 is 0. The van der Waals surface area contributed by atoms with Gasteiger partial charge < -0.3 is 15.1 Å². The first kappa shape index (κ1) is 17.0. The number of nitrogens with one attached hydrogen (secondary N) is 1. The molecule has 5 nitrogen and oxygen atoms in total. The summed E-state index contributed by atoms with van der Waals surface area (Å²) in [6, 6.07) is 6.67. The summed E-state index contributed by atoms with van der Waals surface area (Å²) in [7, 11) is 2.10. The fraction of sp³-hybridized carbons (Fsp3) is 0.579. The average molecular weight is 329 g/mol. The van der Waals surface area contributed by atoms with Gasteiger partial charge in [0, 0.05) is 37.8 Å². The van der Waals surface area contributed by atoms with Crippen LogP contribution in [-0.2, 0) is 9.59 Å². The second kappa shape index (κ2) is 6.93. The van der Waals surface area contributed by atoms with E-state index in [0.29, 0.717) is 25.6 Å². The third kappa shape index (κ3) is 3.61. The van der Waals surface area contributed by atoms with Crippen molar-refractivity contribution in [3.05, 3.63) is 29.3 Å². The molecule has 24 heavy (non-hydrogen) atoms. The number of anilines is 1. The third-order valence-corrected chi connectivity index (χ3v) is 5.30. The van der Waals surface area contributed by atoms with Crippen LogP contribution in [0.25, 0.3) is 0 Å².